The number of aromatic nitrogens is 3. The predicted octanol–water partition coefficient (Wildman–Crippen LogP) is 4.73. The highest BCUT2D eigenvalue weighted by atomic mass is 19.1. The van der Waals surface area contributed by atoms with Crippen LogP contribution in [0.4, 0.5) is 14.5 Å². The number of anilines is 1. The fraction of sp³-hybridized carbons (Fsp3) is 0.444. The molecule has 1 saturated heterocycles. The van der Waals surface area contributed by atoms with Crippen LogP contribution in [0.25, 0.3) is 11.3 Å². The molecular formula is C27H31F2N5O. The van der Waals surface area contributed by atoms with Crippen LogP contribution < -0.4 is 15.0 Å². The van der Waals surface area contributed by atoms with E-state index in [4.69, 9.17) is 4.74 Å². The van der Waals surface area contributed by atoms with Gasteiger partial charge in [0.05, 0.1) is 24.8 Å². The number of hydrogen-bond donors (Lipinski definition) is 1. The SMILES string of the molecule is CC(C)CN1CCOc2c(F)cc(-c3nc(Cc4ccc(C5CCNCC5)cn4)ncc3F)cc21. The molecule has 0 amide bonds. The number of piperidine rings is 1. The Kier molecular flexibility index (Phi) is 6.90. The number of benzene rings is 1. The standard InChI is InChI=1S/C27H31F2N5O/c1-17(2)16-34-9-10-35-27-22(28)11-20(12-24(27)34)26-23(29)15-32-25(33-26)13-21-4-3-19(14-31-21)18-5-7-30-8-6-18/h3-4,11-12,14-15,17-18,30H,5-10,13,16H2,1-2H3. The van der Waals surface area contributed by atoms with Gasteiger partial charge in [0.1, 0.15) is 18.1 Å². The highest BCUT2D eigenvalue weighted by Crippen LogP contribution is 2.38. The second kappa shape index (κ2) is 10.2. The fourth-order valence-corrected chi connectivity index (χ4v) is 4.89. The lowest BCUT2D eigenvalue weighted by Gasteiger charge is -2.33. The van der Waals surface area contributed by atoms with Crippen LogP contribution in [-0.2, 0) is 6.42 Å². The average Bonchev–Trinajstić information content (AvgIpc) is 2.86. The Morgan fingerprint density at radius 2 is 1.91 bits per heavy atom. The van der Waals surface area contributed by atoms with Crippen molar-refractivity contribution in [1.29, 1.82) is 0 Å². The Bertz CT molecular complexity index is 1180. The van der Waals surface area contributed by atoms with Crippen molar-refractivity contribution in [2.45, 2.75) is 39.0 Å². The van der Waals surface area contributed by atoms with Gasteiger partial charge in [-0.3, -0.25) is 4.98 Å². The van der Waals surface area contributed by atoms with E-state index in [1.807, 2.05) is 12.3 Å². The van der Waals surface area contributed by atoms with Crippen LogP contribution in [0, 0.1) is 17.6 Å². The van der Waals surface area contributed by atoms with E-state index in [9.17, 15) is 8.78 Å². The Morgan fingerprint density at radius 3 is 2.66 bits per heavy atom. The minimum Gasteiger partial charge on any atom is -0.486 e. The molecule has 1 N–H and O–H groups in total. The van der Waals surface area contributed by atoms with Crippen molar-refractivity contribution in [3.8, 4) is 17.0 Å². The zero-order valence-corrected chi connectivity index (χ0v) is 20.2. The molecule has 1 fully saturated rings. The Balaban J connectivity index is 1.40. The Labute approximate surface area is 204 Å². The van der Waals surface area contributed by atoms with Gasteiger partial charge in [0.15, 0.2) is 17.4 Å². The zero-order chi connectivity index (χ0) is 24.4. The highest BCUT2D eigenvalue weighted by Gasteiger charge is 2.25. The molecule has 35 heavy (non-hydrogen) atoms. The minimum absolute atomic E-state index is 0.0816. The van der Waals surface area contributed by atoms with Crippen molar-refractivity contribution < 1.29 is 13.5 Å². The molecule has 4 heterocycles. The van der Waals surface area contributed by atoms with Crippen LogP contribution in [0.5, 0.6) is 5.75 Å². The molecule has 2 aliphatic heterocycles. The van der Waals surface area contributed by atoms with Gasteiger partial charge in [-0.25, -0.2) is 18.7 Å². The smallest absolute Gasteiger partial charge is 0.178 e. The van der Waals surface area contributed by atoms with Gasteiger partial charge in [0.2, 0.25) is 0 Å². The lowest BCUT2D eigenvalue weighted by Crippen LogP contribution is -2.35. The van der Waals surface area contributed by atoms with E-state index in [0.29, 0.717) is 48.5 Å². The molecule has 0 atom stereocenters. The average molecular weight is 480 g/mol. The lowest BCUT2D eigenvalue weighted by molar-refractivity contribution is 0.289. The number of nitrogens with zero attached hydrogens (tertiary/aromatic N) is 4. The molecule has 8 heteroatoms. The topological polar surface area (TPSA) is 63.2 Å². The van der Waals surface area contributed by atoms with Crippen molar-refractivity contribution in [2.75, 3.05) is 37.7 Å². The molecule has 0 saturated carbocycles. The number of rotatable bonds is 6. The van der Waals surface area contributed by atoms with Gasteiger partial charge in [-0.15, -0.1) is 0 Å². The monoisotopic (exact) mass is 479 g/mol. The highest BCUT2D eigenvalue weighted by molar-refractivity contribution is 5.72. The van der Waals surface area contributed by atoms with Gasteiger partial charge in [0.25, 0.3) is 0 Å². The van der Waals surface area contributed by atoms with Gasteiger partial charge < -0.3 is 15.0 Å². The van der Waals surface area contributed by atoms with Crippen LogP contribution >= 0.6 is 0 Å². The van der Waals surface area contributed by atoms with E-state index in [1.54, 1.807) is 6.07 Å². The quantitative estimate of drug-likeness (QED) is 0.552. The number of pyridine rings is 1. The Morgan fingerprint density at radius 1 is 1.09 bits per heavy atom. The van der Waals surface area contributed by atoms with Gasteiger partial charge in [-0.05, 0) is 61.5 Å². The molecule has 0 unspecified atom stereocenters. The fourth-order valence-electron chi connectivity index (χ4n) is 4.89. The van der Waals surface area contributed by atoms with Crippen molar-refractivity contribution in [2.24, 2.45) is 5.92 Å². The third kappa shape index (κ3) is 5.27. The first-order chi connectivity index (χ1) is 17.0. The van der Waals surface area contributed by atoms with Crippen molar-refractivity contribution in [1.82, 2.24) is 20.3 Å². The van der Waals surface area contributed by atoms with Gasteiger partial charge in [-0.2, -0.15) is 0 Å². The number of fused-ring (bicyclic) bond motifs is 1. The summed E-state index contributed by atoms with van der Waals surface area (Å²) in [7, 11) is 0. The third-order valence-electron chi connectivity index (χ3n) is 6.62. The minimum atomic E-state index is -0.588. The summed E-state index contributed by atoms with van der Waals surface area (Å²) < 4.78 is 35.4. The second-order valence-electron chi connectivity index (χ2n) is 9.76. The summed E-state index contributed by atoms with van der Waals surface area (Å²) in [6.07, 6.45) is 5.68. The summed E-state index contributed by atoms with van der Waals surface area (Å²) in [6.45, 7) is 8.12. The molecule has 1 aromatic carbocycles. The van der Waals surface area contributed by atoms with Crippen LogP contribution in [0.2, 0.25) is 0 Å². The van der Waals surface area contributed by atoms with E-state index in [0.717, 1.165) is 44.4 Å². The summed E-state index contributed by atoms with van der Waals surface area (Å²) in [4.78, 5) is 15.3. The summed E-state index contributed by atoms with van der Waals surface area (Å²) in [5, 5.41) is 3.38. The van der Waals surface area contributed by atoms with Crippen LogP contribution in [0.15, 0.2) is 36.7 Å². The number of ether oxygens (including phenoxy) is 1. The first kappa shape index (κ1) is 23.6. The molecular weight excluding hydrogens is 448 g/mol. The third-order valence-corrected chi connectivity index (χ3v) is 6.62. The van der Waals surface area contributed by atoms with E-state index in [-0.39, 0.29) is 11.4 Å². The second-order valence-corrected chi connectivity index (χ2v) is 9.76. The molecule has 5 rings (SSSR count). The predicted molar refractivity (Wildman–Crippen MR) is 132 cm³/mol. The van der Waals surface area contributed by atoms with Gasteiger partial charge in [0, 0.05) is 24.0 Å². The summed E-state index contributed by atoms with van der Waals surface area (Å²) in [5.74, 6) is 0.480. The maximum absolute atomic E-state index is 15.0. The molecule has 2 aromatic heterocycles. The van der Waals surface area contributed by atoms with Gasteiger partial charge in [-0.1, -0.05) is 19.9 Å². The first-order valence-corrected chi connectivity index (χ1v) is 12.4. The molecule has 2 aliphatic rings. The molecule has 6 nitrogen and oxygen atoms in total. The molecule has 0 radical (unpaired) electrons. The largest absolute Gasteiger partial charge is 0.486 e. The summed E-state index contributed by atoms with van der Waals surface area (Å²) in [6, 6.07) is 7.16. The normalized spacial score (nSPS) is 16.3. The van der Waals surface area contributed by atoms with E-state index in [1.165, 1.54) is 11.6 Å². The number of nitrogens with one attached hydrogen (secondary N) is 1. The first-order valence-electron chi connectivity index (χ1n) is 12.4. The van der Waals surface area contributed by atoms with E-state index >= 15 is 0 Å². The van der Waals surface area contributed by atoms with Crippen molar-refractivity contribution >= 4 is 5.69 Å². The zero-order valence-electron chi connectivity index (χ0n) is 20.2. The molecule has 0 bridgehead atoms. The van der Waals surface area contributed by atoms with Crippen LogP contribution in [0.1, 0.15) is 49.7 Å². The van der Waals surface area contributed by atoms with E-state index < -0.39 is 11.6 Å². The van der Waals surface area contributed by atoms with E-state index in [2.05, 4.69) is 45.1 Å². The lowest BCUT2D eigenvalue weighted by atomic mass is 9.91. The maximum atomic E-state index is 15.0. The maximum Gasteiger partial charge on any atom is 0.178 e. The molecule has 0 spiro atoms. The Hall–Kier alpha value is -3.13. The van der Waals surface area contributed by atoms with Crippen molar-refractivity contribution in [3.63, 3.8) is 0 Å². The summed E-state index contributed by atoms with van der Waals surface area (Å²) in [5.41, 5.74) is 3.14. The van der Waals surface area contributed by atoms with Crippen molar-refractivity contribution in [3.05, 3.63) is 65.4 Å². The molecule has 0 aliphatic carbocycles. The number of hydrogen-bond acceptors (Lipinski definition) is 6. The number of halogens is 2. The summed E-state index contributed by atoms with van der Waals surface area (Å²) >= 11 is 0. The molecule has 3 aromatic rings. The van der Waals surface area contributed by atoms with Crippen LogP contribution in [0.3, 0.4) is 0 Å². The van der Waals surface area contributed by atoms with Crippen LogP contribution in [-0.4, -0.2) is 47.7 Å². The molecule has 184 valence electrons. The van der Waals surface area contributed by atoms with Gasteiger partial charge >= 0.3 is 0 Å².